The molecular weight excluding hydrogens is 220 g/mol. The molecule has 2 atom stereocenters. The maximum Gasteiger partial charge on any atom is 0.0658 e. The fourth-order valence-electron chi connectivity index (χ4n) is 2.43. The van der Waals surface area contributed by atoms with E-state index in [9.17, 15) is 0 Å². The highest BCUT2D eigenvalue weighted by atomic mass is 35.5. The minimum Gasteiger partial charge on any atom is -0.399 e. The summed E-state index contributed by atoms with van der Waals surface area (Å²) in [6.45, 7) is 2.32. The van der Waals surface area contributed by atoms with Crippen LogP contribution in [0, 0.1) is 5.92 Å². The minimum atomic E-state index is 0.560. The minimum absolute atomic E-state index is 0.560. The summed E-state index contributed by atoms with van der Waals surface area (Å²) in [4.78, 5) is 0. The molecule has 88 valence electrons. The van der Waals surface area contributed by atoms with Gasteiger partial charge in [-0.05, 0) is 37.0 Å². The molecule has 0 spiro atoms. The van der Waals surface area contributed by atoms with Crippen LogP contribution in [0.5, 0.6) is 0 Å². The van der Waals surface area contributed by atoms with Crippen LogP contribution in [0.2, 0.25) is 5.02 Å². The second kappa shape index (κ2) is 4.96. The molecule has 0 aliphatic heterocycles. The van der Waals surface area contributed by atoms with Crippen molar-refractivity contribution in [3.05, 3.63) is 23.2 Å². The van der Waals surface area contributed by atoms with Crippen LogP contribution in [-0.2, 0) is 0 Å². The van der Waals surface area contributed by atoms with Crippen molar-refractivity contribution < 1.29 is 0 Å². The number of rotatable bonds is 2. The first-order valence-electron chi connectivity index (χ1n) is 5.96. The largest absolute Gasteiger partial charge is 0.399 e. The van der Waals surface area contributed by atoms with Crippen LogP contribution < -0.4 is 11.1 Å². The molecule has 0 amide bonds. The van der Waals surface area contributed by atoms with Crippen molar-refractivity contribution in [3.8, 4) is 0 Å². The Morgan fingerprint density at radius 2 is 2.19 bits per heavy atom. The van der Waals surface area contributed by atoms with E-state index in [1.54, 1.807) is 6.07 Å². The maximum absolute atomic E-state index is 6.14. The second-order valence-electron chi connectivity index (χ2n) is 4.85. The third-order valence-corrected chi connectivity index (χ3v) is 3.60. The molecule has 0 saturated heterocycles. The Morgan fingerprint density at radius 3 is 2.88 bits per heavy atom. The highest BCUT2D eigenvalue weighted by molar-refractivity contribution is 6.33. The molecule has 1 aromatic carbocycles. The van der Waals surface area contributed by atoms with Crippen molar-refractivity contribution in [2.75, 3.05) is 11.1 Å². The van der Waals surface area contributed by atoms with E-state index < -0.39 is 0 Å². The van der Waals surface area contributed by atoms with Gasteiger partial charge in [-0.25, -0.2) is 0 Å². The van der Waals surface area contributed by atoms with Gasteiger partial charge in [0.15, 0.2) is 0 Å². The number of nitrogen functional groups attached to an aromatic ring is 1. The molecule has 16 heavy (non-hydrogen) atoms. The number of nitrogens with two attached hydrogens (primary N) is 1. The molecule has 2 unspecified atom stereocenters. The van der Waals surface area contributed by atoms with Gasteiger partial charge in [0.2, 0.25) is 0 Å². The van der Waals surface area contributed by atoms with Gasteiger partial charge in [-0.2, -0.15) is 0 Å². The fraction of sp³-hybridized carbons (Fsp3) is 0.538. The lowest BCUT2D eigenvalue weighted by atomic mass is 9.87. The summed E-state index contributed by atoms with van der Waals surface area (Å²) in [6.07, 6.45) is 5.14. The normalized spacial score (nSPS) is 25.4. The van der Waals surface area contributed by atoms with E-state index in [1.165, 1.54) is 25.7 Å². The Kier molecular flexibility index (Phi) is 3.59. The molecule has 1 aromatic rings. The van der Waals surface area contributed by atoms with Gasteiger partial charge >= 0.3 is 0 Å². The van der Waals surface area contributed by atoms with E-state index in [0.29, 0.717) is 11.7 Å². The number of benzene rings is 1. The summed E-state index contributed by atoms with van der Waals surface area (Å²) in [6, 6.07) is 6.22. The van der Waals surface area contributed by atoms with Gasteiger partial charge in [0, 0.05) is 11.7 Å². The molecule has 1 aliphatic carbocycles. The van der Waals surface area contributed by atoms with Crippen molar-refractivity contribution in [1.82, 2.24) is 0 Å². The van der Waals surface area contributed by atoms with Crippen molar-refractivity contribution >= 4 is 23.0 Å². The Hall–Kier alpha value is -0.890. The zero-order chi connectivity index (χ0) is 11.5. The van der Waals surface area contributed by atoms with E-state index in [2.05, 4.69) is 12.2 Å². The molecule has 3 N–H and O–H groups in total. The molecule has 0 aromatic heterocycles. The first-order chi connectivity index (χ1) is 7.65. The molecule has 1 aliphatic rings. The second-order valence-corrected chi connectivity index (χ2v) is 5.26. The van der Waals surface area contributed by atoms with Crippen LogP contribution in [0.4, 0.5) is 11.4 Å². The number of hydrogen-bond acceptors (Lipinski definition) is 2. The zero-order valence-corrected chi connectivity index (χ0v) is 10.4. The third-order valence-electron chi connectivity index (χ3n) is 3.29. The quantitative estimate of drug-likeness (QED) is 0.767. The fourth-order valence-corrected chi connectivity index (χ4v) is 2.68. The van der Waals surface area contributed by atoms with Gasteiger partial charge in [-0.15, -0.1) is 0 Å². The van der Waals surface area contributed by atoms with Gasteiger partial charge < -0.3 is 11.1 Å². The predicted molar refractivity (Wildman–Crippen MR) is 70.9 cm³/mol. The maximum atomic E-state index is 6.14. The average Bonchev–Trinajstić information content (AvgIpc) is 2.22. The summed E-state index contributed by atoms with van der Waals surface area (Å²) >= 11 is 6.14. The number of hydrogen-bond donors (Lipinski definition) is 2. The number of anilines is 2. The standard InChI is InChI=1S/C13H19ClN2/c1-9-3-2-4-11(7-9)16-13-6-5-10(15)8-12(13)14/h5-6,8-9,11,16H,2-4,7,15H2,1H3. The Bertz CT molecular complexity index is 365. The van der Waals surface area contributed by atoms with Crippen LogP contribution in [0.3, 0.4) is 0 Å². The molecule has 3 heteroatoms. The van der Waals surface area contributed by atoms with Crippen molar-refractivity contribution in [1.29, 1.82) is 0 Å². The Balaban J connectivity index is 2.02. The molecule has 2 rings (SSSR count). The van der Waals surface area contributed by atoms with Crippen molar-refractivity contribution in [2.24, 2.45) is 5.92 Å². The van der Waals surface area contributed by atoms with Crippen LogP contribution in [0.15, 0.2) is 18.2 Å². The monoisotopic (exact) mass is 238 g/mol. The summed E-state index contributed by atoms with van der Waals surface area (Å²) in [5.41, 5.74) is 7.40. The predicted octanol–water partition coefficient (Wildman–Crippen LogP) is 3.91. The summed E-state index contributed by atoms with van der Waals surface area (Å²) in [5, 5.41) is 4.24. The van der Waals surface area contributed by atoms with Crippen molar-refractivity contribution in [2.45, 2.75) is 38.6 Å². The van der Waals surface area contributed by atoms with Gasteiger partial charge in [-0.3, -0.25) is 0 Å². The van der Waals surface area contributed by atoms with Crippen molar-refractivity contribution in [3.63, 3.8) is 0 Å². The molecule has 1 saturated carbocycles. The SMILES string of the molecule is CC1CCCC(Nc2ccc(N)cc2Cl)C1. The highest BCUT2D eigenvalue weighted by Crippen LogP contribution is 2.30. The molecule has 1 fully saturated rings. The van der Waals surface area contributed by atoms with Gasteiger partial charge in [0.25, 0.3) is 0 Å². The van der Waals surface area contributed by atoms with E-state index in [4.69, 9.17) is 17.3 Å². The number of nitrogens with one attached hydrogen (secondary N) is 1. The van der Waals surface area contributed by atoms with E-state index in [1.807, 2.05) is 12.1 Å². The van der Waals surface area contributed by atoms with Crippen LogP contribution in [0.1, 0.15) is 32.6 Å². The Labute approximate surface area is 102 Å². The van der Waals surface area contributed by atoms with Gasteiger partial charge in [-0.1, -0.05) is 31.4 Å². The molecule has 0 radical (unpaired) electrons. The Morgan fingerprint density at radius 1 is 1.38 bits per heavy atom. The van der Waals surface area contributed by atoms with E-state index in [0.717, 1.165) is 16.6 Å². The van der Waals surface area contributed by atoms with Gasteiger partial charge in [0.05, 0.1) is 10.7 Å². The number of halogens is 1. The van der Waals surface area contributed by atoms with Crippen LogP contribution in [-0.4, -0.2) is 6.04 Å². The lowest BCUT2D eigenvalue weighted by molar-refractivity contribution is 0.358. The summed E-state index contributed by atoms with van der Waals surface area (Å²) < 4.78 is 0. The third kappa shape index (κ3) is 2.82. The zero-order valence-electron chi connectivity index (χ0n) is 9.67. The molecule has 2 nitrogen and oxygen atoms in total. The lowest BCUT2D eigenvalue weighted by Gasteiger charge is -2.28. The van der Waals surface area contributed by atoms with Crippen LogP contribution in [0.25, 0.3) is 0 Å². The van der Waals surface area contributed by atoms with Crippen LogP contribution >= 0.6 is 11.6 Å². The molecule has 0 heterocycles. The first kappa shape index (κ1) is 11.6. The van der Waals surface area contributed by atoms with E-state index >= 15 is 0 Å². The lowest BCUT2D eigenvalue weighted by Crippen LogP contribution is -2.26. The van der Waals surface area contributed by atoms with E-state index in [-0.39, 0.29) is 0 Å². The van der Waals surface area contributed by atoms with Gasteiger partial charge in [0.1, 0.15) is 0 Å². The highest BCUT2D eigenvalue weighted by Gasteiger charge is 2.19. The molecule has 0 bridgehead atoms. The molecular formula is C13H19ClN2. The summed E-state index contributed by atoms with van der Waals surface area (Å²) in [7, 11) is 0. The topological polar surface area (TPSA) is 38.0 Å². The first-order valence-corrected chi connectivity index (χ1v) is 6.34. The summed E-state index contributed by atoms with van der Waals surface area (Å²) in [5.74, 6) is 0.818. The smallest absolute Gasteiger partial charge is 0.0658 e. The average molecular weight is 239 g/mol.